The van der Waals surface area contributed by atoms with E-state index in [-0.39, 0.29) is 23.6 Å². The average molecular weight is 422 g/mol. The van der Waals surface area contributed by atoms with Crippen LogP contribution in [0.2, 0.25) is 0 Å². The van der Waals surface area contributed by atoms with Gasteiger partial charge in [0.2, 0.25) is 0 Å². The lowest BCUT2D eigenvalue weighted by Crippen LogP contribution is -2.70. The SMILES string of the molecule is COc1ccc(CNC(=O)C2C(OC(C)=O)=CS[C@H]3[C@@H](OC)C(=O)N23)c(OC)c1. The zero-order valence-corrected chi connectivity index (χ0v) is 17.3. The van der Waals surface area contributed by atoms with Gasteiger partial charge < -0.3 is 29.2 Å². The third kappa shape index (κ3) is 4.03. The molecule has 2 aliphatic rings. The summed E-state index contributed by atoms with van der Waals surface area (Å²) in [5.41, 5.74) is 0.728. The number of carbonyl (C=O) groups is 3. The number of carbonyl (C=O) groups excluding carboxylic acids is 3. The highest BCUT2D eigenvalue weighted by atomic mass is 32.2. The molecule has 0 radical (unpaired) electrons. The summed E-state index contributed by atoms with van der Waals surface area (Å²) in [6, 6.07) is 4.19. The largest absolute Gasteiger partial charge is 0.497 e. The van der Waals surface area contributed by atoms with Crippen LogP contribution in [0.3, 0.4) is 0 Å². The van der Waals surface area contributed by atoms with E-state index in [2.05, 4.69) is 5.32 Å². The molecule has 156 valence electrons. The van der Waals surface area contributed by atoms with Crippen LogP contribution in [0, 0.1) is 0 Å². The molecule has 1 aromatic carbocycles. The van der Waals surface area contributed by atoms with E-state index in [1.807, 2.05) is 0 Å². The molecule has 1 unspecified atom stereocenters. The minimum Gasteiger partial charge on any atom is -0.497 e. The van der Waals surface area contributed by atoms with E-state index in [0.717, 1.165) is 5.56 Å². The lowest BCUT2D eigenvalue weighted by molar-refractivity contribution is -0.170. The maximum absolute atomic E-state index is 13.0. The molecule has 2 heterocycles. The third-order valence-electron chi connectivity index (χ3n) is 4.61. The van der Waals surface area contributed by atoms with Gasteiger partial charge >= 0.3 is 5.97 Å². The predicted molar refractivity (Wildman–Crippen MR) is 104 cm³/mol. The standard InChI is InChI=1S/C19H22N2O7S/c1-10(22)28-14-9-29-19-16(27-4)18(24)21(19)15(14)17(23)20-8-11-5-6-12(25-2)7-13(11)26-3/h5-7,9,15-16,19H,8H2,1-4H3,(H,20,23)/t15?,16-,19-/m0/s1. The van der Waals surface area contributed by atoms with Crippen molar-refractivity contribution in [1.29, 1.82) is 0 Å². The number of nitrogens with one attached hydrogen (secondary N) is 1. The lowest BCUT2D eigenvalue weighted by Gasteiger charge is -2.50. The summed E-state index contributed by atoms with van der Waals surface area (Å²) in [6.07, 6.45) is -0.632. The van der Waals surface area contributed by atoms with Crippen LogP contribution in [0.25, 0.3) is 0 Å². The van der Waals surface area contributed by atoms with Gasteiger partial charge in [-0.25, -0.2) is 0 Å². The summed E-state index contributed by atoms with van der Waals surface area (Å²) in [5, 5.41) is 4.02. The topological polar surface area (TPSA) is 103 Å². The van der Waals surface area contributed by atoms with Crippen molar-refractivity contribution in [2.45, 2.75) is 31.0 Å². The monoisotopic (exact) mass is 422 g/mol. The van der Waals surface area contributed by atoms with Crippen molar-refractivity contribution in [2.75, 3.05) is 21.3 Å². The van der Waals surface area contributed by atoms with E-state index in [4.69, 9.17) is 18.9 Å². The quantitative estimate of drug-likeness (QED) is 0.513. The van der Waals surface area contributed by atoms with E-state index in [1.54, 1.807) is 30.7 Å². The molecule has 29 heavy (non-hydrogen) atoms. The number of amides is 2. The minimum atomic E-state index is -1.05. The predicted octanol–water partition coefficient (Wildman–Crippen LogP) is 1.02. The molecular formula is C19H22N2O7S. The number of methoxy groups -OCH3 is 3. The second-order valence-electron chi connectivity index (χ2n) is 6.34. The number of rotatable bonds is 7. The van der Waals surface area contributed by atoms with Gasteiger partial charge in [-0.15, -0.1) is 11.8 Å². The highest BCUT2D eigenvalue weighted by Gasteiger charge is 2.56. The van der Waals surface area contributed by atoms with Gasteiger partial charge in [-0.2, -0.15) is 0 Å². The number of esters is 1. The van der Waals surface area contributed by atoms with Crippen molar-refractivity contribution in [1.82, 2.24) is 10.2 Å². The number of nitrogens with zero attached hydrogens (tertiary/aromatic N) is 1. The van der Waals surface area contributed by atoms with Gasteiger partial charge in [0.05, 0.1) is 14.2 Å². The smallest absolute Gasteiger partial charge is 0.307 e. The summed E-state index contributed by atoms with van der Waals surface area (Å²) in [7, 11) is 4.51. The highest BCUT2D eigenvalue weighted by molar-refractivity contribution is 8.02. The Morgan fingerprint density at radius 1 is 1.21 bits per heavy atom. The molecule has 0 aromatic heterocycles. The van der Waals surface area contributed by atoms with Gasteiger partial charge in [-0.1, -0.05) is 0 Å². The summed E-state index contributed by atoms with van der Waals surface area (Å²) < 4.78 is 20.9. The van der Waals surface area contributed by atoms with Crippen molar-refractivity contribution in [2.24, 2.45) is 0 Å². The first-order chi connectivity index (χ1) is 13.9. The fourth-order valence-corrected chi connectivity index (χ4v) is 4.38. The number of hydrogen-bond donors (Lipinski definition) is 1. The normalized spacial score (nSPS) is 22.8. The Hall–Kier alpha value is -2.72. The van der Waals surface area contributed by atoms with Crippen LogP contribution in [0.15, 0.2) is 29.4 Å². The van der Waals surface area contributed by atoms with E-state index >= 15 is 0 Å². The van der Waals surface area contributed by atoms with Crippen molar-refractivity contribution in [3.63, 3.8) is 0 Å². The van der Waals surface area contributed by atoms with Crippen molar-refractivity contribution in [3.8, 4) is 11.5 Å². The number of β-lactam (4-membered cyclic amide) rings is 1. The third-order valence-corrected chi connectivity index (χ3v) is 5.74. The van der Waals surface area contributed by atoms with E-state index < -0.39 is 24.0 Å². The molecule has 0 saturated carbocycles. The number of ether oxygens (including phenoxy) is 4. The fourth-order valence-electron chi connectivity index (χ4n) is 3.20. The Kier molecular flexibility index (Phi) is 6.33. The van der Waals surface area contributed by atoms with Crippen molar-refractivity contribution < 1.29 is 33.3 Å². The van der Waals surface area contributed by atoms with E-state index in [9.17, 15) is 14.4 Å². The maximum Gasteiger partial charge on any atom is 0.307 e. The second kappa shape index (κ2) is 8.75. The van der Waals surface area contributed by atoms with Gasteiger partial charge in [-0.3, -0.25) is 14.4 Å². The molecule has 1 saturated heterocycles. The van der Waals surface area contributed by atoms with Crippen LogP contribution < -0.4 is 14.8 Å². The molecule has 0 bridgehead atoms. The molecule has 1 fully saturated rings. The molecule has 2 aliphatic heterocycles. The van der Waals surface area contributed by atoms with E-state index in [1.165, 1.54) is 37.8 Å². The molecule has 1 N–H and O–H groups in total. The number of benzene rings is 1. The van der Waals surface area contributed by atoms with E-state index in [0.29, 0.717) is 11.5 Å². The Morgan fingerprint density at radius 3 is 2.59 bits per heavy atom. The minimum absolute atomic E-state index is 0.112. The molecule has 9 nitrogen and oxygen atoms in total. The molecule has 0 aliphatic carbocycles. The van der Waals surface area contributed by atoms with Gasteiger partial charge in [0.15, 0.2) is 12.1 Å². The van der Waals surface area contributed by atoms with Crippen LogP contribution in [0.5, 0.6) is 11.5 Å². The average Bonchev–Trinajstić information content (AvgIpc) is 2.71. The number of thioether (sulfide) groups is 1. The van der Waals surface area contributed by atoms with Crippen LogP contribution >= 0.6 is 11.8 Å². The Morgan fingerprint density at radius 2 is 1.97 bits per heavy atom. The summed E-state index contributed by atoms with van der Waals surface area (Å²) in [5.74, 6) is -0.0755. The first-order valence-corrected chi connectivity index (χ1v) is 9.73. The van der Waals surface area contributed by atoms with Crippen molar-refractivity contribution in [3.05, 3.63) is 34.9 Å². The number of hydrogen-bond acceptors (Lipinski definition) is 8. The zero-order chi connectivity index (χ0) is 21.1. The summed E-state index contributed by atoms with van der Waals surface area (Å²) in [6.45, 7) is 1.40. The van der Waals surface area contributed by atoms with Gasteiger partial charge in [0.25, 0.3) is 11.8 Å². The molecular weight excluding hydrogens is 400 g/mol. The first kappa shape index (κ1) is 21.0. The first-order valence-electron chi connectivity index (χ1n) is 8.78. The summed E-state index contributed by atoms with van der Waals surface area (Å²) >= 11 is 1.27. The van der Waals surface area contributed by atoms with Gasteiger partial charge in [0.1, 0.15) is 22.6 Å². The number of fused-ring (bicyclic) bond motifs is 1. The van der Waals surface area contributed by atoms with Gasteiger partial charge in [-0.05, 0) is 12.1 Å². The lowest BCUT2D eigenvalue weighted by atomic mass is 10.0. The van der Waals surface area contributed by atoms with Crippen LogP contribution in [0.1, 0.15) is 12.5 Å². The summed E-state index contributed by atoms with van der Waals surface area (Å²) in [4.78, 5) is 38.2. The Bertz CT molecular complexity index is 857. The zero-order valence-electron chi connectivity index (χ0n) is 16.5. The van der Waals surface area contributed by atoms with Crippen molar-refractivity contribution >= 4 is 29.5 Å². The second-order valence-corrected chi connectivity index (χ2v) is 7.33. The highest BCUT2D eigenvalue weighted by Crippen LogP contribution is 2.41. The fraction of sp³-hybridized carbons (Fsp3) is 0.421. The molecule has 2 amide bonds. The molecule has 3 rings (SSSR count). The molecule has 1 aromatic rings. The Labute approximate surface area is 172 Å². The van der Waals surface area contributed by atoms with Crippen LogP contribution in [0.4, 0.5) is 0 Å². The Balaban J connectivity index is 1.78. The molecule has 10 heteroatoms. The van der Waals surface area contributed by atoms with Gasteiger partial charge in [0, 0.05) is 37.6 Å². The molecule has 0 spiro atoms. The molecule has 3 atom stereocenters. The van der Waals surface area contributed by atoms with Crippen LogP contribution in [-0.4, -0.2) is 61.5 Å². The maximum atomic E-state index is 13.0. The van der Waals surface area contributed by atoms with Crippen LogP contribution in [-0.2, 0) is 30.4 Å².